The number of aliphatic imine (C=N–C) groups is 1. The number of hydrogen-bond acceptors (Lipinski definition) is 4. The third-order valence-corrected chi connectivity index (χ3v) is 4.44. The molecule has 0 bridgehead atoms. The van der Waals surface area contributed by atoms with Crippen LogP contribution >= 0.6 is 0 Å². The Bertz CT molecular complexity index is 935. The van der Waals surface area contributed by atoms with Crippen LogP contribution in [0.15, 0.2) is 64.2 Å². The molecule has 0 aliphatic rings. The van der Waals surface area contributed by atoms with Crippen LogP contribution in [-0.2, 0) is 6.54 Å². The second kappa shape index (κ2) is 9.08. The van der Waals surface area contributed by atoms with E-state index in [1.165, 1.54) is 5.56 Å². The predicted octanol–water partition coefficient (Wildman–Crippen LogP) is 4.08. The minimum atomic E-state index is 0.0261. The number of nitrogens with zero attached hydrogens (tertiary/aromatic N) is 2. The zero-order chi connectivity index (χ0) is 19.9. The number of aromatic nitrogens is 1. The zero-order valence-electron chi connectivity index (χ0n) is 16.7. The Hall–Kier alpha value is -3.28. The fourth-order valence-electron chi connectivity index (χ4n) is 2.95. The summed E-state index contributed by atoms with van der Waals surface area (Å²) in [4.78, 5) is 8.84. The van der Waals surface area contributed by atoms with Crippen LogP contribution in [0.25, 0.3) is 11.5 Å². The van der Waals surface area contributed by atoms with Gasteiger partial charge in [0.25, 0.3) is 0 Å². The monoisotopic (exact) mass is 378 g/mol. The molecule has 2 N–H and O–H groups in total. The van der Waals surface area contributed by atoms with Gasteiger partial charge in [-0.25, -0.2) is 4.98 Å². The molecule has 0 fully saturated rings. The van der Waals surface area contributed by atoms with Gasteiger partial charge in [0.1, 0.15) is 12.0 Å². The molecular weight excluding hydrogens is 352 g/mol. The highest BCUT2D eigenvalue weighted by molar-refractivity contribution is 5.80. The Morgan fingerprint density at radius 3 is 2.71 bits per heavy atom. The maximum absolute atomic E-state index is 5.58. The van der Waals surface area contributed by atoms with Crippen molar-refractivity contribution in [1.29, 1.82) is 0 Å². The van der Waals surface area contributed by atoms with E-state index in [-0.39, 0.29) is 6.04 Å². The second-order valence-electron chi connectivity index (χ2n) is 6.55. The van der Waals surface area contributed by atoms with Gasteiger partial charge in [-0.3, -0.25) is 4.99 Å². The van der Waals surface area contributed by atoms with Crippen LogP contribution in [0.5, 0.6) is 5.75 Å². The molecule has 0 aliphatic heterocycles. The number of oxazole rings is 1. The van der Waals surface area contributed by atoms with E-state index in [1.54, 1.807) is 20.4 Å². The van der Waals surface area contributed by atoms with E-state index in [1.807, 2.05) is 42.5 Å². The number of guanidine groups is 1. The topological polar surface area (TPSA) is 71.7 Å². The van der Waals surface area contributed by atoms with Gasteiger partial charge in [-0.15, -0.1) is 0 Å². The Balaban J connectivity index is 1.63. The van der Waals surface area contributed by atoms with Crippen LogP contribution in [-0.4, -0.2) is 25.1 Å². The van der Waals surface area contributed by atoms with Crippen molar-refractivity contribution in [2.75, 3.05) is 14.2 Å². The smallest absolute Gasteiger partial charge is 0.226 e. The largest absolute Gasteiger partial charge is 0.496 e. The van der Waals surface area contributed by atoms with Crippen molar-refractivity contribution in [2.45, 2.75) is 26.4 Å². The Labute approximate surface area is 165 Å². The summed E-state index contributed by atoms with van der Waals surface area (Å²) >= 11 is 0. The maximum Gasteiger partial charge on any atom is 0.226 e. The van der Waals surface area contributed by atoms with Crippen molar-refractivity contribution in [3.8, 4) is 17.2 Å². The molecule has 0 amide bonds. The first-order valence-electron chi connectivity index (χ1n) is 9.22. The molecule has 1 atom stereocenters. The quantitative estimate of drug-likeness (QED) is 0.499. The van der Waals surface area contributed by atoms with Crippen molar-refractivity contribution in [3.63, 3.8) is 0 Å². The van der Waals surface area contributed by atoms with E-state index in [9.17, 15) is 0 Å². The summed E-state index contributed by atoms with van der Waals surface area (Å²) in [5.74, 6) is 2.14. The van der Waals surface area contributed by atoms with Gasteiger partial charge in [0.15, 0.2) is 5.96 Å². The highest BCUT2D eigenvalue weighted by Crippen LogP contribution is 2.26. The van der Waals surface area contributed by atoms with E-state index in [2.05, 4.69) is 40.5 Å². The highest BCUT2D eigenvalue weighted by atomic mass is 16.5. The molecule has 146 valence electrons. The summed E-state index contributed by atoms with van der Waals surface area (Å²) in [7, 11) is 3.43. The van der Waals surface area contributed by atoms with Crippen molar-refractivity contribution in [3.05, 3.63) is 71.6 Å². The Morgan fingerprint density at radius 1 is 1.21 bits per heavy atom. The van der Waals surface area contributed by atoms with E-state index in [4.69, 9.17) is 9.15 Å². The molecule has 0 saturated heterocycles. The maximum atomic E-state index is 5.58. The molecule has 1 heterocycles. The predicted molar refractivity (Wildman–Crippen MR) is 111 cm³/mol. The lowest BCUT2D eigenvalue weighted by Crippen LogP contribution is -2.38. The Morgan fingerprint density at radius 2 is 2.00 bits per heavy atom. The van der Waals surface area contributed by atoms with Crippen LogP contribution < -0.4 is 15.4 Å². The minimum absolute atomic E-state index is 0.0261. The van der Waals surface area contributed by atoms with Gasteiger partial charge in [0, 0.05) is 18.2 Å². The van der Waals surface area contributed by atoms with Gasteiger partial charge in [-0.2, -0.15) is 0 Å². The molecule has 28 heavy (non-hydrogen) atoms. The van der Waals surface area contributed by atoms with Crippen molar-refractivity contribution < 1.29 is 9.15 Å². The van der Waals surface area contributed by atoms with Crippen LogP contribution in [0, 0.1) is 6.92 Å². The average molecular weight is 378 g/mol. The molecule has 2 aromatic carbocycles. The molecule has 1 aromatic heterocycles. The Kier molecular flexibility index (Phi) is 6.32. The zero-order valence-corrected chi connectivity index (χ0v) is 16.7. The van der Waals surface area contributed by atoms with Crippen LogP contribution in [0.3, 0.4) is 0 Å². The van der Waals surface area contributed by atoms with Gasteiger partial charge in [-0.1, -0.05) is 35.9 Å². The lowest BCUT2D eigenvalue weighted by molar-refractivity contribution is 0.405. The van der Waals surface area contributed by atoms with Gasteiger partial charge in [-0.05, 0) is 32.0 Å². The highest BCUT2D eigenvalue weighted by Gasteiger charge is 2.14. The number of nitrogens with one attached hydrogen (secondary N) is 2. The van der Waals surface area contributed by atoms with E-state index in [0.29, 0.717) is 18.4 Å². The summed E-state index contributed by atoms with van der Waals surface area (Å²) in [6.45, 7) is 4.65. The van der Waals surface area contributed by atoms with Crippen molar-refractivity contribution in [2.24, 2.45) is 4.99 Å². The van der Waals surface area contributed by atoms with E-state index in [0.717, 1.165) is 22.6 Å². The lowest BCUT2D eigenvalue weighted by Gasteiger charge is -2.20. The van der Waals surface area contributed by atoms with E-state index >= 15 is 0 Å². The average Bonchev–Trinajstić information content (AvgIpc) is 3.20. The molecule has 0 radical (unpaired) electrons. The molecule has 3 aromatic rings. The van der Waals surface area contributed by atoms with Gasteiger partial charge >= 0.3 is 0 Å². The van der Waals surface area contributed by atoms with E-state index < -0.39 is 0 Å². The van der Waals surface area contributed by atoms with Crippen LogP contribution in [0.1, 0.15) is 29.8 Å². The summed E-state index contributed by atoms with van der Waals surface area (Å²) in [6.07, 6.45) is 1.66. The number of aryl methyl sites for hydroxylation is 1. The van der Waals surface area contributed by atoms with Gasteiger partial charge in [0.2, 0.25) is 5.89 Å². The molecule has 0 spiro atoms. The van der Waals surface area contributed by atoms with Crippen molar-refractivity contribution in [1.82, 2.24) is 15.6 Å². The second-order valence-corrected chi connectivity index (χ2v) is 6.55. The SMILES string of the molecule is CN=C(NCc1coc(-c2ccccc2)n1)NC(C)c1cc(C)ccc1OC. The number of rotatable bonds is 6. The standard InChI is InChI=1S/C22H26N4O2/c1-15-10-11-20(27-4)19(12-15)16(2)25-22(23-3)24-13-18-14-28-21(26-18)17-8-6-5-7-9-17/h5-12,14,16H,13H2,1-4H3,(H2,23,24,25). The summed E-state index contributed by atoms with van der Waals surface area (Å²) in [5.41, 5.74) is 4.03. The number of hydrogen-bond donors (Lipinski definition) is 2. The fourth-order valence-corrected chi connectivity index (χ4v) is 2.95. The van der Waals surface area contributed by atoms with Gasteiger partial charge in [0.05, 0.1) is 25.4 Å². The number of methoxy groups -OCH3 is 1. The number of benzene rings is 2. The molecular formula is C22H26N4O2. The number of ether oxygens (including phenoxy) is 1. The fraction of sp³-hybridized carbons (Fsp3) is 0.273. The normalized spacial score (nSPS) is 12.5. The summed E-state index contributed by atoms with van der Waals surface area (Å²) < 4.78 is 11.1. The third-order valence-electron chi connectivity index (χ3n) is 4.44. The first-order chi connectivity index (χ1) is 13.6. The molecule has 0 aliphatic carbocycles. The van der Waals surface area contributed by atoms with Gasteiger partial charge < -0.3 is 19.8 Å². The molecule has 3 rings (SSSR count). The molecule has 6 nitrogen and oxygen atoms in total. The molecule has 0 saturated carbocycles. The first kappa shape index (κ1) is 19.5. The van der Waals surface area contributed by atoms with Crippen LogP contribution in [0.2, 0.25) is 0 Å². The molecule has 6 heteroatoms. The van der Waals surface area contributed by atoms with Crippen LogP contribution in [0.4, 0.5) is 0 Å². The van der Waals surface area contributed by atoms with Crippen molar-refractivity contribution >= 4 is 5.96 Å². The summed E-state index contributed by atoms with van der Waals surface area (Å²) in [6, 6.07) is 16.0. The third kappa shape index (κ3) is 4.71. The first-order valence-corrected chi connectivity index (χ1v) is 9.22. The molecule has 1 unspecified atom stereocenters. The minimum Gasteiger partial charge on any atom is -0.496 e. The lowest BCUT2D eigenvalue weighted by atomic mass is 10.0. The summed E-state index contributed by atoms with van der Waals surface area (Å²) in [5, 5.41) is 6.67.